The van der Waals surface area contributed by atoms with Crippen LogP contribution in [0.2, 0.25) is 0 Å². The summed E-state index contributed by atoms with van der Waals surface area (Å²) in [6.07, 6.45) is 2.20. The number of aromatic nitrogens is 4. The van der Waals surface area contributed by atoms with Gasteiger partial charge in [0.15, 0.2) is 0 Å². The van der Waals surface area contributed by atoms with Gasteiger partial charge in [0.25, 0.3) is 0 Å². The Labute approximate surface area is 126 Å². The molecule has 0 aliphatic heterocycles. The lowest BCUT2D eigenvalue weighted by molar-refractivity contribution is -0.133. The van der Waals surface area contributed by atoms with Crippen LogP contribution >= 0.6 is 11.8 Å². The van der Waals surface area contributed by atoms with E-state index in [0.717, 1.165) is 18.4 Å². The highest BCUT2D eigenvalue weighted by atomic mass is 32.2. The summed E-state index contributed by atoms with van der Waals surface area (Å²) in [6.45, 7) is 3.71. The third-order valence-electron chi connectivity index (χ3n) is 3.27. The lowest BCUT2D eigenvalue weighted by Gasteiger charge is -2.11. The van der Waals surface area contributed by atoms with Crippen molar-refractivity contribution in [3.05, 3.63) is 29.8 Å². The van der Waals surface area contributed by atoms with Crippen LogP contribution in [0.1, 0.15) is 31.4 Å². The summed E-state index contributed by atoms with van der Waals surface area (Å²) in [4.78, 5) is 12.2. The molecule has 110 valence electrons. The first-order chi connectivity index (χ1) is 10.1. The fourth-order valence-electron chi connectivity index (χ4n) is 1.88. The highest BCUT2D eigenvalue weighted by Crippen LogP contribution is 2.37. The van der Waals surface area contributed by atoms with Crippen molar-refractivity contribution in [1.29, 1.82) is 0 Å². The van der Waals surface area contributed by atoms with Crippen molar-refractivity contribution in [3.8, 4) is 5.75 Å². The molecular weight excluding hydrogens is 288 g/mol. The lowest BCUT2D eigenvalue weighted by Crippen LogP contribution is -2.21. The molecule has 6 nitrogen and oxygen atoms in total. The summed E-state index contributed by atoms with van der Waals surface area (Å²) < 4.78 is 7.23. The first-order valence-corrected chi connectivity index (χ1v) is 7.75. The summed E-state index contributed by atoms with van der Waals surface area (Å²) in [5, 5.41) is 11.9. The van der Waals surface area contributed by atoms with E-state index in [1.54, 1.807) is 17.7 Å². The van der Waals surface area contributed by atoms with Crippen LogP contribution in [-0.2, 0) is 4.79 Å². The molecule has 7 heteroatoms. The molecule has 0 spiro atoms. The van der Waals surface area contributed by atoms with Crippen molar-refractivity contribution in [1.82, 2.24) is 20.2 Å². The van der Waals surface area contributed by atoms with E-state index < -0.39 is 0 Å². The summed E-state index contributed by atoms with van der Waals surface area (Å²) in [5.74, 6) is 0.302. The molecule has 1 aliphatic carbocycles. The Morgan fingerprint density at radius 1 is 1.43 bits per heavy atom. The third kappa shape index (κ3) is 3.24. The van der Waals surface area contributed by atoms with Crippen molar-refractivity contribution in [2.24, 2.45) is 0 Å². The lowest BCUT2D eigenvalue weighted by atomic mass is 10.2. The van der Waals surface area contributed by atoms with Gasteiger partial charge >= 0.3 is 5.97 Å². The average molecular weight is 304 g/mol. The fourth-order valence-corrected chi connectivity index (χ4v) is 2.72. The molecule has 1 saturated carbocycles. The number of nitrogens with zero attached hydrogens (tertiary/aromatic N) is 4. The fraction of sp³-hybridized carbons (Fsp3) is 0.429. The maximum atomic E-state index is 12.2. The van der Waals surface area contributed by atoms with Crippen molar-refractivity contribution in [3.63, 3.8) is 0 Å². The number of ether oxygens (including phenoxy) is 1. The van der Waals surface area contributed by atoms with Gasteiger partial charge < -0.3 is 4.74 Å². The van der Waals surface area contributed by atoms with E-state index in [0.29, 0.717) is 16.9 Å². The van der Waals surface area contributed by atoms with Crippen LogP contribution in [0.15, 0.2) is 29.4 Å². The number of para-hydroxylation sites is 1. The van der Waals surface area contributed by atoms with Gasteiger partial charge in [0.1, 0.15) is 11.0 Å². The van der Waals surface area contributed by atoms with Gasteiger partial charge in [0.2, 0.25) is 5.16 Å². The Morgan fingerprint density at radius 2 is 2.19 bits per heavy atom. The van der Waals surface area contributed by atoms with Crippen LogP contribution in [-0.4, -0.2) is 31.4 Å². The Kier molecular flexibility index (Phi) is 3.92. The molecule has 1 unspecified atom stereocenters. The van der Waals surface area contributed by atoms with Crippen molar-refractivity contribution >= 4 is 17.7 Å². The van der Waals surface area contributed by atoms with E-state index in [-0.39, 0.29) is 11.2 Å². The second-order valence-corrected chi connectivity index (χ2v) is 6.39. The smallest absolute Gasteiger partial charge is 0.324 e. The zero-order valence-electron chi connectivity index (χ0n) is 11.9. The molecule has 0 saturated heterocycles. The Bertz CT molecular complexity index is 654. The van der Waals surface area contributed by atoms with E-state index in [4.69, 9.17) is 4.74 Å². The molecule has 0 amide bonds. The third-order valence-corrected chi connectivity index (χ3v) is 4.30. The number of carbonyl (C=O) groups excluding carboxylic acids is 1. The van der Waals surface area contributed by atoms with Crippen LogP contribution in [0, 0.1) is 6.92 Å². The molecule has 1 aliphatic rings. The number of tetrazole rings is 1. The van der Waals surface area contributed by atoms with Gasteiger partial charge in [-0.3, -0.25) is 4.79 Å². The first kappa shape index (κ1) is 14.1. The zero-order valence-corrected chi connectivity index (χ0v) is 12.7. The number of aryl methyl sites for hydroxylation is 1. The molecular formula is C14H16N4O2S. The first-order valence-electron chi connectivity index (χ1n) is 6.87. The Balaban J connectivity index is 1.64. The van der Waals surface area contributed by atoms with Gasteiger partial charge in [-0.05, 0) is 48.7 Å². The van der Waals surface area contributed by atoms with E-state index in [1.165, 1.54) is 11.8 Å². The number of thioether (sulfide) groups is 1. The maximum Gasteiger partial charge on any atom is 0.324 e. The molecule has 3 rings (SSSR count). The van der Waals surface area contributed by atoms with Crippen LogP contribution in [0.3, 0.4) is 0 Å². The topological polar surface area (TPSA) is 69.9 Å². The number of benzene rings is 1. The largest absolute Gasteiger partial charge is 0.425 e. The zero-order chi connectivity index (χ0) is 14.8. The molecule has 0 radical (unpaired) electrons. The highest BCUT2D eigenvalue weighted by molar-refractivity contribution is 8.00. The standard InChI is InChI=1S/C14H16N4O2S/c1-9-5-3-4-6-12(9)20-13(19)10(2)21-14-15-16-17-18(14)11-7-8-11/h3-6,10-11H,7-8H2,1-2H3. The van der Waals surface area contributed by atoms with Gasteiger partial charge in [0, 0.05) is 0 Å². The quantitative estimate of drug-likeness (QED) is 0.480. The SMILES string of the molecule is Cc1ccccc1OC(=O)C(C)Sc1nnnn1C1CC1. The monoisotopic (exact) mass is 304 g/mol. The summed E-state index contributed by atoms with van der Waals surface area (Å²) in [6, 6.07) is 7.85. The molecule has 1 heterocycles. The van der Waals surface area contributed by atoms with Crippen molar-refractivity contribution < 1.29 is 9.53 Å². The van der Waals surface area contributed by atoms with Gasteiger partial charge in [-0.1, -0.05) is 30.0 Å². The minimum absolute atomic E-state index is 0.292. The van der Waals surface area contributed by atoms with Crippen LogP contribution in [0.5, 0.6) is 5.75 Å². The molecule has 1 fully saturated rings. The van der Waals surface area contributed by atoms with Gasteiger partial charge in [0.05, 0.1) is 6.04 Å². The summed E-state index contributed by atoms with van der Waals surface area (Å²) >= 11 is 1.33. The molecule has 0 bridgehead atoms. The average Bonchev–Trinajstić information content (AvgIpc) is 3.21. The molecule has 21 heavy (non-hydrogen) atoms. The molecule has 0 N–H and O–H groups in total. The highest BCUT2D eigenvalue weighted by Gasteiger charge is 2.29. The van der Waals surface area contributed by atoms with E-state index in [1.807, 2.05) is 25.1 Å². The molecule has 1 aromatic heterocycles. The van der Waals surface area contributed by atoms with Crippen molar-refractivity contribution in [2.45, 2.75) is 43.1 Å². The van der Waals surface area contributed by atoms with E-state index in [9.17, 15) is 4.79 Å². The minimum Gasteiger partial charge on any atom is -0.425 e. The Hall–Kier alpha value is -1.89. The summed E-state index contributed by atoms with van der Waals surface area (Å²) in [5.41, 5.74) is 0.936. The van der Waals surface area contributed by atoms with Gasteiger partial charge in [-0.2, -0.15) is 0 Å². The van der Waals surface area contributed by atoms with E-state index >= 15 is 0 Å². The normalized spacial score (nSPS) is 15.7. The number of rotatable bonds is 5. The predicted octanol–water partition coefficient (Wildman–Crippen LogP) is 2.40. The number of hydrogen-bond acceptors (Lipinski definition) is 6. The minimum atomic E-state index is -0.367. The number of carbonyl (C=O) groups is 1. The van der Waals surface area contributed by atoms with Crippen LogP contribution in [0.4, 0.5) is 0 Å². The van der Waals surface area contributed by atoms with Crippen LogP contribution in [0.25, 0.3) is 0 Å². The second kappa shape index (κ2) is 5.85. The molecule has 1 atom stereocenters. The Morgan fingerprint density at radius 3 is 2.90 bits per heavy atom. The predicted molar refractivity (Wildman–Crippen MR) is 78.2 cm³/mol. The molecule has 1 aromatic carbocycles. The van der Waals surface area contributed by atoms with E-state index in [2.05, 4.69) is 15.5 Å². The van der Waals surface area contributed by atoms with Crippen LogP contribution < -0.4 is 4.74 Å². The van der Waals surface area contributed by atoms with Gasteiger partial charge in [-0.25, -0.2) is 4.68 Å². The molecule has 2 aromatic rings. The van der Waals surface area contributed by atoms with Gasteiger partial charge in [-0.15, -0.1) is 5.10 Å². The van der Waals surface area contributed by atoms with Crippen molar-refractivity contribution in [2.75, 3.05) is 0 Å². The summed E-state index contributed by atoms with van der Waals surface area (Å²) in [7, 11) is 0. The number of esters is 1. The maximum absolute atomic E-state index is 12.2. The second-order valence-electron chi connectivity index (χ2n) is 5.08. The number of hydrogen-bond donors (Lipinski definition) is 0.